The van der Waals surface area contributed by atoms with Crippen LogP contribution in [0.3, 0.4) is 0 Å². The fourth-order valence-electron chi connectivity index (χ4n) is 2.82. The number of Topliss-reactive ketones (excluding diaryl/α,β-unsaturated/α-hetero) is 1. The number of carbonyl (C=O) groups excluding carboxylic acids is 1. The van der Waals surface area contributed by atoms with Crippen LogP contribution in [-0.4, -0.2) is 5.78 Å². The molecule has 0 heterocycles. The summed E-state index contributed by atoms with van der Waals surface area (Å²) in [6.07, 6.45) is 7.32. The Morgan fingerprint density at radius 2 is 1.84 bits per heavy atom. The smallest absolute Gasteiger partial charge is 0.165 e. The molecule has 1 nitrogen and oxygen atoms in total. The average molecular weight is 266 g/mol. The number of benzene rings is 1. The molecule has 1 aromatic rings. The molecule has 0 unspecified atom stereocenters. The van der Waals surface area contributed by atoms with E-state index in [1.54, 1.807) is 6.92 Å². The second-order valence-electron chi connectivity index (χ2n) is 5.55. The number of aryl methyl sites for hydroxylation is 1. The van der Waals surface area contributed by atoms with Crippen molar-refractivity contribution in [2.24, 2.45) is 5.92 Å². The van der Waals surface area contributed by atoms with Crippen molar-refractivity contribution in [1.29, 1.82) is 0 Å². The molecule has 3 heteroatoms. The third-order valence-corrected chi connectivity index (χ3v) is 4.05. The van der Waals surface area contributed by atoms with Gasteiger partial charge in [-0.3, -0.25) is 4.79 Å². The third kappa shape index (κ3) is 3.62. The van der Waals surface area contributed by atoms with Crippen LogP contribution in [0.15, 0.2) is 12.1 Å². The summed E-state index contributed by atoms with van der Waals surface area (Å²) in [6.45, 7) is 1.55. The van der Waals surface area contributed by atoms with E-state index < -0.39 is 11.6 Å². The summed E-state index contributed by atoms with van der Waals surface area (Å²) in [4.78, 5) is 12.0. The number of ketones is 1. The van der Waals surface area contributed by atoms with E-state index in [0.29, 0.717) is 17.9 Å². The van der Waals surface area contributed by atoms with Crippen molar-refractivity contribution in [3.8, 4) is 0 Å². The van der Waals surface area contributed by atoms with Crippen LogP contribution in [0.25, 0.3) is 0 Å². The van der Waals surface area contributed by atoms with Gasteiger partial charge in [-0.1, -0.05) is 32.1 Å². The number of halogens is 2. The lowest BCUT2D eigenvalue weighted by atomic mass is 9.85. The fourth-order valence-corrected chi connectivity index (χ4v) is 2.82. The van der Waals surface area contributed by atoms with Crippen LogP contribution < -0.4 is 0 Å². The van der Waals surface area contributed by atoms with Crippen molar-refractivity contribution in [2.75, 3.05) is 0 Å². The van der Waals surface area contributed by atoms with Gasteiger partial charge in [0.1, 0.15) is 11.6 Å². The van der Waals surface area contributed by atoms with Crippen molar-refractivity contribution in [3.05, 3.63) is 34.9 Å². The van der Waals surface area contributed by atoms with Gasteiger partial charge in [0.2, 0.25) is 0 Å². The number of carbonyl (C=O) groups is 1. The Hall–Kier alpha value is -1.25. The molecule has 2 rings (SSSR count). The van der Waals surface area contributed by atoms with Gasteiger partial charge in [-0.05, 0) is 30.9 Å². The zero-order chi connectivity index (χ0) is 13.8. The summed E-state index contributed by atoms with van der Waals surface area (Å²) in [7, 11) is 0. The standard InChI is InChI=1S/C16H20F2O/c1-11-9-13(15(18)10-14(11)17)16(19)8-7-12-5-3-2-4-6-12/h9-10,12H,2-8H2,1H3. The van der Waals surface area contributed by atoms with Gasteiger partial charge in [-0.15, -0.1) is 0 Å². The molecule has 0 radical (unpaired) electrons. The zero-order valence-corrected chi connectivity index (χ0v) is 11.3. The lowest BCUT2D eigenvalue weighted by molar-refractivity contribution is 0.0966. The van der Waals surface area contributed by atoms with Crippen LogP contribution in [-0.2, 0) is 0 Å². The summed E-state index contributed by atoms with van der Waals surface area (Å²) >= 11 is 0. The molecular weight excluding hydrogens is 246 g/mol. The first-order valence-electron chi connectivity index (χ1n) is 7.07. The van der Waals surface area contributed by atoms with E-state index in [-0.39, 0.29) is 11.3 Å². The Kier molecular flexibility index (Phi) is 4.67. The molecule has 0 aliphatic heterocycles. The molecule has 0 saturated heterocycles. The van der Waals surface area contributed by atoms with Gasteiger partial charge in [-0.25, -0.2) is 8.78 Å². The zero-order valence-electron chi connectivity index (χ0n) is 11.3. The first kappa shape index (κ1) is 14.2. The lowest BCUT2D eigenvalue weighted by Crippen LogP contribution is -2.10. The van der Waals surface area contributed by atoms with E-state index in [9.17, 15) is 13.6 Å². The second kappa shape index (κ2) is 6.27. The topological polar surface area (TPSA) is 17.1 Å². The molecule has 1 fully saturated rings. The minimum absolute atomic E-state index is 0.0368. The van der Waals surface area contributed by atoms with E-state index in [0.717, 1.165) is 12.5 Å². The minimum Gasteiger partial charge on any atom is -0.294 e. The Morgan fingerprint density at radius 1 is 1.16 bits per heavy atom. The maximum Gasteiger partial charge on any atom is 0.165 e. The van der Waals surface area contributed by atoms with Gasteiger partial charge in [0, 0.05) is 12.5 Å². The summed E-state index contributed by atoms with van der Waals surface area (Å²) in [5, 5.41) is 0. The lowest BCUT2D eigenvalue weighted by Gasteiger charge is -2.21. The Bertz CT molecular complexity index is 462. The molecule has 0 bridgehead atoms. The van der Waals surface area contributed by atoms with E-state index in [2.05, 4.69) is 0 Å². The Labute approximate surface area is 113 Å². The SMILES string of the molecule is Cc1cc(C(=O)CCC2CCCCC2)c(F)cc1F. The largest absolute Gasteiger partial charge is 0.294 e. The average Bonchev–Trinajstić information content (AvgIpc) is 2.41. The molecular formula is C16H20F2O. The van der Waals surface area contributed by atoms with Crippen molar-refractivity contribution in [2.45, 2.75) is 51.9 Å². The highest BCUT2D eigenvalue weighted by atomic mass is 19.1. The van der Waals surface area contributed by atoms with Crippen LogP contribution >= 0.6 is 0 Å². The molecule has 0 amide bonds. The highest BCUT2D eigenvalue weighted by molar-refractivity contribution is 5.96. The molecule has 1 saturated carbocycles. The van der Waals surface area contributed by atoms with E-state index >= 15 is 0 Å². The van der Waals surface area contributed by atoms with Crippen LogP contribution in [0.2, 0.25) is 0 Å². The highest BCUT2D eigenvalue weighted by Crippen LogP contribution is 2.28. The predicted molar refractivity (Wildman–Crippen MR) is 71.2 cm³/mol. The Balaban J connectivity index is 1.97. The van der Waals surface area contributed by atoms with E-state index in [4.69, 9.17) is 0 Å². The van der Waals surface area contributed by atoms with Crippen molar-refractivity contribution in [1.82, 2.24) is 0 Å². The molecule has 0 aromatic heterocycles. The van der Waals surface area contributed by atoms with Crippen molar-refractivity contribution in [3.63, 3.8) is 0 Å². The van der Waals surface area contributed by atoms with Gasteiger partial charge in [0.25, 0.3) is 0 Å². The monoisotopic (exact) mass is 266 g/mol. The summed E-state index contributed by atoms with van der Waals surface area (Å²) in [5.74, 6) is -0.938. The summed E-state index contributed by atoms with van der Waals surface area (Å²) in [5.41, 5.74) is 0.358. The first-order valence-corrected chi connectivity index (χ1v) is 7.07. The van der Waals surface area contributed by atoms with Crippen LogP contribution in [0.5, 0.6) is 0 Å². The number of rotatable bonds is 4. The first-order chi connectivity index (χ1) is 9.08. The molecule has 0 atom stereocenters. The van der Waals surface area contributed by atoms with Gasteiger partial charge in [0.05, 0.1) is 5.56 Å². The molecule has 1 aromatic carbocycles. The van der Waals surface area contributed by atoms with Gasteiger partial charge in [0.15, 0.2) is 5.78 Å². The quantitative estimate of drug-likeness (QED) is 0.714. The third-order valence-electron chi connectivity index (χ3n) is 4.05. The van der Waals surface area contributed by atoms with Gasteiger partial charge >= 0.3 is 0 Å². The molecule has 0 spiro atoms. The second-order valence-corrected chi connectivity index (χ2v) is 5.55. The highest BCUT2D eigenvalue weighted by Gasteiger charge is 2.18. The van der Waals surface area contributed by atoms with Crippen molar-refractivity contribution >= 4 is 5.78 Å². The van der Waals surface area contributed by atoms with Gasteiger partial charge < -0.3 is 0 Å². The van der Waals surface area contributed by atoms with Crippen molar-refractivity contribution < 1.29 is 13.6 Å². The van der Waals surface area contributed by atoms with E-state index in [1.165, 1.54) is 38.2 Å². The van der Waals surface area contributed by atoms with Crippen LogP contribution in [0.1, 0.15) is 60.9 Å². The predicted octanol–water partition coefficient (Wildman–Crippen LogP) is 4.82. The summed E-state index contributed by atoms with van der Waals surface area (Å²) in [6, 6.07) is 2.14. The molecule has 1 aliphatic rings. The van der Waals surface area contributed by atoms with E-state index in [1.807, 2.05) is 0 Å². The molecule has 0 N–H and O–H groups in total. The molecule has 1 aliphatic carbocycles. The maximum atomic E-state index is 13.6. The number of hydrogen-bond acceptors (Lipinski definition) is 1. The maximum absolute atomic E-state index is 13.6. The van der Waals surface area contributed by atoms with Crippen LogP contribution in [0, 0.1) is 24.5 Å². The number of hydrogen-bond donors (Lipinski definition) is 0. The molecule has 19 heavy (non-hydrogen) atoms. The van der Waals surface area contributed by atoms with Crippen LogP contribution in [0.4, 0.5) is 8.78 Å². The molecule has 104 valence electrons. The Morgan fingerprint density at radius 3 is 2.53 bits per heavy atom. The van der Waals surface area contributed by atoms with Gasteiger partial charge in [-0.2, -0.15) is 0 Å². The normalized spacial score (nSPS) is 16.6. The summed E-state index contributed by atoms with van der Waals surface area (Å²) < 4.78 is 26.7. The minimum atomic E-state index is -0.739. The fraction of sp³-hybridized carbons (Fsp3) is 0.562.